The monoisotopic (exact) mass is 235 g/mol. The van der Waals surface area contributed by atoms with Crippen molar-refractivity contribution in [2.45, 2.75) is 6.54 Å². The van der Waals surface area contributed by atoms with Crippen LogP contribution in [0.5, 0.6) is 11.5 Å². The molecule has 0 saturated heterocycles. The highest BCUT2D eigenvalue weighted by Gasteiger charge is 2.13. The Morgan fingerprint density at radius 3 is 2.58 bits per heavy atom. The first-order valence-corrected chi connectivity index (χ1v) is 3.96. The number of aromatic hydroxyl groups is 2. The van der Waals surface area contributed by atoms with Gasteiger partial charge in [0.05, 0.1) is 4.47 Å². The number of benzene rings is 1. The Kier molecular flexibility index (Phi) is 2.54. The highest BCUT2D eigenvalue weighted by molar-refractivity contribution is 9.10. The van der Waals surface area contributed by atoms with E-state index >= 15 is 0 Å². The van der Waals surface area contributed by atoms with Crippen LogP contribution in [0.25, 0.3) is 0 Å². The first-order chi connectivity index (χ1) is 5.57. The zero-order chi connectivity index (χ0) is 9.30. The SMILES string of the molecule is NCc1c(F)cc(O)c(O)c1Br. The highest BCUT2D eigenvalue weighted by atomic mass is 79.9. The zero-order valence-electron chi connectivity index (χ0n) is 6.01. The molecule has 1 aromatic carbocycles. The van der Waals surface area contributed by atoms with Gasteiger partial charge in [0.1, 0.15) is 5.82 Å². The van der Waals surface area contributed by atoms with Gasteiger partial charge in [-0.2, -0.15) is 0 Å². The van der Waals surface area contributed by atoms with Gasteiger partial charge in [-0.25, -0.2) is 4.39 Å². The predicted molar refractivity (Wildman–Crippen MR) is 45.3 cm³/mol. The Hall–Kier alpha value is -0.810. The Morgan fingerprint density at radius 1 is 1.50 bits per heavy atom. The molecule has 0 unspecified atom stereocenters. The fraction of sp³-hybridized carbons (Fsp3) is 0.143. The molecule has 1 aromatic rings. The maximum Gasteiger partial charge on any atom is 0.172 e. The average molecular weight is 236 g/mol. The van der Waals surface area contributed by atoms with Crippen LogP contribution < -0.4 is 5.73 Å². The lowest BCUT2D eigenvalue weighted by atomic mass is 10.2. The van der Waals surface area contributed by atoms with Crippen molar-refractivity contribution >= 4 is 15.9 Å². The Labute approximate surface area is 76.8 Å². The number of nitrogens with two attached hydrogens (primary N) is 1. The van der Waals surface area contributed by atoms with Gasteiger partial charge in [-0.1, -0.05) is 0 Å². The minimum absolute atomic E-state index is 0.0414. The first kappa shape index (κ1) is 9.28. The molecule has 0 aliphatic heterocycles. The molecule has 5 heteroatoms. The molecule has 0 spiro atoms. The summed E-state index contributed by atoms with van der Waals surface area (Å²) in [6, 6.07) is 0.822. The van der Waals surface area contributed by atoms with Gasteiger partial charge < -0.3 is 15.9 Å². The summed E-state index contributed by atoms with van der Waals surface area (Å²) in [5, 5.41) is 18.1. The summed E-state index contributed by atoms with van der Waals surface area (Å²) in [5.74, 6) is -1.53. The summed E-state index contributed by atoms with van der Waals surface area (Å²) < 4.78 is 13.0. The van der Waals surface area contributed by atoms with Crippen LogP contribution in [0.15, 0.2) is 10.5 Å². The number of hydrogen-bond donors (Lipinski definition) is 3. The lowest BCUT2D eigenvalue weighted by Gasteiger charge is -2.06. The fourth-order valence-electron chi connectivity index (χ4n) is 0.823. The van der Waals surface area contributed by atoms with Crippen molar-refractivity contribution in [3.8, 4) is 11.5 Å². The van der Waals surface area contributed by atoms with Crippen LogP contribution in [0.4, 0.5) is 4.39 Å². The fourth-order valence-corrected chi connectivity index (χ4v) is 1.38. The van der Waals surface area contributed by atoms with E-state index in [9.17, 15) is 4.39 Å². The third kappa shape index (κ3) is 1.37. The number of hydrogen-bond acceptors (Lipinski definition) is 3. The second kappa shape index (κ2) is 3.28. The Morgan fingerprint density at radius 2 is 2.08 bits per heavy atom. The highest BCUT2D eigenvalue weighted by Crippen LogP contribution is 2.37. The summed E-state index contributed by atoms with van der Waals surface area (Å²) in [5.41, 5.74) is 5.35. The molecule has 0 heterocycles. The Bertz CT molecular complexity index is 317. The number of halogens is 2. The molecule has 3 nitrogen and oxygen atoms in total. The third-order valence-corrected chi connectivity index (χ3v) is 2.33. The van der Waals surface area contributed by atoms with Crippen molar-refractivity contribution in [2.24, 2.45) is 5.73 Å². The smallest absolute Gasteiger partial charge is 0.172 e. The molecule has 0 fully saturated rings. The van der Waals surface area contributed by atoms with E-state index in [2.05, 4.69) is 15.9 Å². The van der Waals surface area contributed by atoms with Crippen LogP contribution in [0.1, 0.15) is 5.56 Å². The van der Waals surface area contributed by atoms with Gasteiger partial charge >= 0.3 is 0 Å². The minimum atomic E-state index is -0.639. The first-order valence-electron chi connectivity index (χ1n) is 3.16. The molecule has 0 bridgehead atoms. The maximum absolute atomic E-state index is 12.9. The molecule has 0 aliphatic carbocycles. The van der Waals surface area contributed by atoms with E-state index in [0.29, 0.717) is 0 Å². The molecular weight excluding hydrogens is 229 g/mol. The molecular formula is C7H7BrFNO2. The van der Waals surface area contributed by atoms with Crippen molar-refractivity contribution in [2.75, 3.05) is 0 Å². The van der Waals surface area contributed by atoms with Crippen molar-refractivity contribution in [1.29, 1.82) is 0 Å². The van der Waals surface area contributed by atoms with E-state index in [1.165, 1.54) is 0 Å². The van der Waals surface area contributed by atoms with Crippen molar-refractivity contribution in [3.63, 3.8) is 0 Å². The number of rotatable bonds is 1. The summed E-state index contributed by atoms with van der Waals surface area (Å²) in [7, 11) is 0. The van der Waals surface area contributed by atoms with E-state index in [1.54, 1.807) is 0 Å². The molecule has 0 atom stereocenters. The second-order valence-corrected chi connectivity index (χ2v) is 3.02. The van der Waals surface area contributed by atoms with Gasteiger partial charge in [-0.05, 0) is 15.9 Å². The van der Waals surface area contributed by atoms with Gasteiger partial charge in [0.2, 0.25) is 0 Å². The van der Waals surface area contributed by atoms with E-state index in [1.807, 2.05) is 0 Å². The van der Waals surface area contributed by atoms with E-state index in [-0.39, 0.29) is 16.6 Å². The van der Waals surface area contributed by atoms with Crippen molar-refractivity contribution < 1.29 is 14.6 Å². The molecule has 0 aliphatic rings. The van der Waals surface area contributed by atoms with Crippen molar-refractivity contribution in [3.05, 3.63) is 21.9 Å². The minimum Gasteiger partial charge on any atom is -0.504 e. The van der Waals surface area contributed by atoms with Gasteiger partial charge in [0, 0.05) is 18.2 Å². The Balaban J connectivity index is 3.40. The van der Waals surface area contributed by atoms with Crippen LogP contribution in [0, 0.1) is 5.82 Å². The zero-order valence-corrected chi connectivity index (χ0v) is 7.60. The van der Waals surface area contributed by atoms with E-state index in [4.69, 9.17) is 15.9 Å². The molecule has 0 amide bonds. The summed E-state index contributed by atoms with van der Waals surface area (Å²) in [4.78, 5) is 0. The van der Waals surface area contributed by atoms with E-state index < -0.39 is 17.3 Å². The number of phenolic OH excluding ortho intramolecular Hbond substituents is 2. The quantitative estimate of drug-likeness (QED) is 0.646. The lowest BCUT2D eigenvalue weighted by molar-refractivity contribution is 0.396. The summed E-state index contributed by atoms with van der Waals surface area (Å²) in [6.07, 6.45) is 0. The molecule has 0 saturated carbocycles. The number of phenols is 2. The molecule has 4 N–H and O–H groups in total. The molecule has 0 aromatic heterocycles. The summed E-state index contributed by atoms with van der Waals surface area (Å²) >= 11 is 2.91. The van der Waals surface area contributed by atoms with Gasteiger partial charge in [0.25, 0.3) is 0 Å². The van der Waals surface area contributed by atoms with Gasteiger partial charge in [-0.3, -0.25) is 0 Å². The van der Waals surface area contributed by atoms with Crippen LogP contribution in [0.3, 0.4) is 0 Å². The molecule has 66 valence electrons. The standard InChI is InChI=1S/C7H7BrFNO2/c8-6-3(2-10)4(9)1-5(11)7(6)12/h1,11-12H,2,10H2. The second-order valence-electron chi connectivity index (χ2n) is 2.22. The molecule has 1 rings (SSSR count). The largest absolute Gasteiger partial charge is 0.504 e. The topological polar surface area (TPSA) is 66.5 Å². The van der Waals surface area contributed by atoms with Crippen molar-refractivity contribution in [1.82, 2.24) is 0 Å². The van der Waals surface area contributed by atoms with Gasteiger partial charge in [0.15, 0.2) is 11.5 Å². The average Bonchev–Trinajstić information content (AvgIpc) is 2.01. The van der Waals surface area contributed by atoms with Crippen LogP contribution in [0.2, 0.25) is 0 Å². The van der Waals surface area contributed by atoms with E-state index in [0.717, 1.165) is 6.07 Å². The predicted octanol–water partition coefficient (Wildman–Crippen LogP) is 1.46. The summed E-state index contributed by atoms with van der Waals surface area (Å²) in [6.45, 7) is -0.0414. The van der Waals surface area contributed by atoms with Crippen LogP contribution in [-0.2, 0) is 6.54 Å². The third-order valence-electron chi connectivity index (χ3n) is 1.47. The lowest BCUT2D eigenvalue weighted by Crippen LogP contribution is -2.01. The normalized spacial score (nSPS) is 10.2. The van der Waals surface area contributed by atoms with Gasteiger partial charge in [-0.15, -0.1) is 0 Å². The maximum atomic E-state index is 12.9. The van der Waals surface area contributed by atoms with Crippen LogP contribution >= 0.6 is 15.9 Å². The molecule has 0 radical (unpaired) electrons. The molecule has 12 heavy (non-hydrogen) atoms. The van der Waals surface area contributed by atoms with Crippen LogP contribution in [-0.4, -0.2) is 10.2 Å².